The van der Waals surface area contributed by atoms with Crippen molar-refractivity contribution in [2.24, 2.45) is 0 Å². The smallest absolute Gasteiger partial charge is 0.0885 e. The van der Waals surface area contributed by atoms with Crippen LogP contribution in [0, 0.1) is 6.92 Å². The lowest BCUT2D eigenvalue weighted by Crippen LogP contribution is -2.15. The molecule has 3 heteroatoms. The molecule has 0 amide bonds. The first-order chi connectivity index (χ1) is 6.83. The van der Waals surface area contributed by atoms with Crippen LogP contribution in [0.2, 0.25) is 0 Å². The molecule has 0 aliphatic rings. The van der Waals surface area contributed by atoms with E-state index in [1.807, 2.05) is 11.3 Å². The van der Waals surface area contributed by atoms with Crippen molar-refractivity contribution in [3.63, 3.8) is 0 Å². The van der Waals surface area contributed by atoms with Crippen molar-refractivity contribution in [3.05, 3.63) is 34.7 Å². The van der Waals surface area contributed by atoms with Gasteiger partial charge in [0.05, 0.1) is 12.9 Å². The summed E-state index contributed by atoms with van der Waals surface area (Å²) in [7, 11) is 0. The molecule has 78 valence electrons. The summed E-state index contributed by atoms with van der Waals surface area (Å²) in [5, 5.41) is 3.37. The second-order valence-electron chi connectivity index (χ2n) is 3.08. The third-order valence-electron chi connectivity index (χ3n) is 1.83. The van der Waals surface area contributed by atoms with E-state index in [0.29, 0.717) is 0 Å². The summed E-state index contributed by atoms with van der Waals surface area (Å²) in [5.74, 6) is 0. The first kappa shape index (κ1) is 11.3. The molecule has 0 atom stereocenters. The van der Waals surface area contributed by atoms with Crippen LogP contribution < -0.4 is 5.32 Å². The fraction of sp³-hybridized carbons (Fsp3) is 0.455. The largest absolute Gasteiger partial charge is 0.502 e. The number of thiophene rings is 1. The molecule has 1 aromatic heterocycles. The van der Waals surface area contributed by atoms with E-state index in [9.17, 15) is 0 Å². The highest BCUT2D eigenvalue weighted by Crippen LogP contribution is 2.14. The monoisotopic (exact) mass is 211 g/mol. The predicted molar refractivity (Wildman–Crippen MR) is 61.5 cm³/mol. The van der Waals surface area contributed by atoms with Crippen molar-refractivity contribution in [2.45, 2.75) is 19.9 Å². The van der Waals surface area contributed by atoms with Crippen LogP contribution in [-0.2, 0) is 11.3 Å². The van der Waals surface area contributed by atoms with E-state index in [4.69, 9.17) is 4.74 Å². The average molecular weight is 211 g/mol. The van der Waals surface area contributed by atoms with Crippen LogP contribution >= 0.6 is 11.3 Å². The number of aryl methyl sites for hydroxylation is 1. The van der Waals surface area contributed by atoms with Crippen molar-refractivity contribution in [2.75, 3.05) is 13.2 Å². The zero-order valence-electron chi connectivity index (χ0n) is 8.58. The minimum Gasteiger partial charge on any atom is -0.502 e. The van der Waals surface area contributed by atoms with Gasteiger partial charge in [0.1, 0.15) is 0 Å². The SMILES string of the molecule is C=COCCCNCc1ccc(C)s1. The Kier molecular flexibility index (Phi) is 5.33. The van der Waals surface area contributed by atoms with Crippen molar-refractivity contribution in [1.82, 2.24) is 5.32 Å². The molecule has 0 aliphatic carbocycles. The van der Waals surface area contributed by atoms with Crippen LogP contribution in [0.3, 0.4) is 0 Å². The molecule has 0 aliphatic heterocycles. The summed E-state index contributed by atoms with van der Waals surface area (Å²) in [6, 6.07) is 4.33. The number of hydrogen-bond acceptors (Lipinski definition) is 3. The predicted octanol–water partition coefficient (Wildman–Crippen LogP) is 2.70. The van der Waals surface area contributed by atoms with Gasteiger partial charge in [-0.1, -0.05) is 6.58 Å². The number of rotatable bonds is 7. The second-order valence-corrected chi connectivity index (χ2v) is 4.45. The average Bonchev–Trinajstić information content (AvgIpc) is 2.58. The lowest BCUT2D eigenvalue weighted by atomic mass is 10.4. The quantitative estimate of drug-likeness (QED) is 0.553. The summed E-state index contributed by atoms with van der Waals surface area (Å²) < 4.78 is 5.02. The minimum absolute atomic E-state index is 0.750. The first-order valence-electron chi connectivity index (χ1n) is 4.81. The van der Waals surface area contributed by atoms with Crippen LogP contribution in [-0.4, -0.2) is 13.2 Å². The molecule has 1 aromatic rings. The van der Waals surface area contributed by atoms with Gasteiger partial charge in [0.15, 0.2) is 0 Å². The van der Waals surface area contributed by atoms with Gasteiger partial charge >= 0.3 is 0 Å². The van der Waals surface area contributed by atoms with E-state index in [0.717, 1.165) is 26.1 Å². The highest BCUT2D eigenvalue weighted by Gasteiger charge is 1.95. The van der Waals surface area contributed by atoms with E-state index in [2.05, 4.69) is 31.0 Å². The van der Waals surface area contributed by atoms with Crippen LogP contribution in [0.1, 0.15) is 16.2 Å². The van der Waals surface area contributed by atoms with E-state index in [1.165, 1.54) is 16.0 Å². The normalized spacial score (nSPS) is 10.1. The molecule has 1 rings (SSSR count). The van der Waals surface area contributed by atoms with Gasteiger partial charge in [-0.3, -0.25) is 0 Å². The van der Waals surface area contributed by atoms with E-state index in [1.54, 1.807) is 0 Å². The summed E-state index contributed by atoms with van der Waals surface area (Å²) in [6.07, 6.45) is 2.51. The Morgan fingerprint density at radius 1 is 1.57 bits per heavy atom. The molecule has 0 unspecified atom stereocenters. The van der Waals surface area contributed by atoms with Crippen molar-refractivity contribution >= 4 is 11.3 Å². The maximum atomic E-state index is 5.02. The fourth-order valence-corrected chi connectivity index (χ4v) is 2.02. The van der Waals surface area contributed by atoms with Crippen LogP contribution in [0.15, 0.2) is 25.0 Å². The Hall–Kier alpha value is -0.800. The van der Waals surface area contributed by atoms with E-state index < -0.39 is 0 Å². The summed E-state index contributed by atoms with van der Waals surface area (Å²) >= 11 is 1.85. The van der Waals surface area contributed by atoms with Gasteiger partial charge in [-0.05, 0) is 32.0 Å². The van der Waals surface area contributed by atoms with Gasteiger partial charge < -0.3 is 10.1 Å². The molecule has 0 spiro atoms. The third kappa shape index (κ3) is 4.44. The molecule has 1 heterocycles. The molecule has 0 bridgehead atoms. The van der Waals surface area contributed by atoms with Crippen molar-refractivity contribution in [3.8, 4) is 0 Å². The van der Waals surface area contributed by atoms with Crippen LogP contribution in [0.4, 0.5) is 0 Å². The van der Waals surface area contributed by atoms with Gasteiger partial charge in [0.2, 0.25) is 0 Å². The Bertz CT molecular complexity index is 270. The lowest BCUT2D eigenvalue weighted by Gasteiger charge is -2.02. The van der Waals surface area contributed by atoms with Crippen molar-refractivity contribution < 1.29 is 4.74 Å². The molecule has 0 radical (unpaired) electrons. The van der Waals surface area contributed by atoms with Gasteiger partial charge in [-0.15, -0.1) is 11.3 Å². The second kappa shape index (κ2) is 6.62. The Morgan fingerprint density at radius 2 is 2.43 bits per heavy atom. The molecule has 0 fully saturated rings. The van der Waals surface area contributed by atoms with Gasteiger partial charge in [0, 0.05) is 16.3 Å². The topological polar surface area (TPSA) is 21.3 Å². The van der Waals surface area contributed by atoms with Crippen LogP contribution in [0.5, 0.6) is 0 Å². The number of ether oxygens (including phenoxy) is 1. The maximum absolute atomic E-state index is 5.02. The summed E-state index contributed by atoms with van der Waals surface area (Å²) in [6.45, 7) is 8.32. The Labute approximate surface area is 89.6 Å². The number of nitrogens with one attached hydrogen (secondary N) is 1. The Balaban J connectivity index is 2.01. The van der Waals surface area contributed by atoms with E-state index in [-0.39, 0.29) is 0 Å². The van der Waals surface area contributed by atoms with Crippen molar-refractivity contribution in [1.29, 1.82) is 0 Å². The number of hydrogen-bond donors (Lipinski definition) is 1. The first-order valence-corrected chi connectivity index (χ1v) is 5.63. The van der Waals surface area contributed by atoms with Gasteiger partial charge in [-0.25, -0.2) is 0 Å². The molecule has 1 N–H and O–H groups in total. The highest BCUT2D eigenvalue weighted by molar-refractivity contribution is 7.11. The standard InChI is InChI=1S/C11H17NOS/c1-3-13-8-4-7-12-9-11-6-5-10(2)14-11/h3,5-6,12H,1,4,7-9H2,2H3. The summed E-state index contributed by atoms with van der Waals surface area (Å²) in [5.41, 5.74) is 0. The van der Waals surface area contributed by atoms with Gasteiger partial charge in [-0.2, -0.15) is 0 Å². The molecule has 0 saturated carbocycles. The zero-order valence-corrected chi connectivity index (χ0v) is 9.40. The third-order valence-corrected chi connectivity index (χ3v) is 2.83. The fourth-order valence-electron chi connectivity index (χ4n) is 1.16. The Morgan fingerprint density at radius 3 is 3.07 bits per heavy atom. The highest BCUT2D eigenvalue weighted by atomic mass is 32.1. The zero-order chi connectivity index (χ0) is 10.2. The molecule has 2 nitrogen and oxygen atoms in total. The molecule has 0 saturated heterocycles. The van der Waals surface area contributed by atoms with Gasteiger partial charge in [0.25, 0.3) is 0 Å². The molecule has 14 heavy (non-hydrogen) atoms. The minimum atomic E-state index is 0.750. The summed E-state index contributed by atoms with van der Waals surface area (Å²) in [4.78, 5) is 2.77. The van der Waals surface area contributed by atoms with Crippen LogP contribution in [0.25, 0.3) is 0 Å². The molecular weight excluding hydrogens is 194 g/mol. The molecular formula is C11H17NOS. The lowest BCUT2D eigenvalue weighted by molar-refractivity contribution is 0.244. The van der Waals surface area contributed by atoms with E-state index >= 15 is 0 Å². The molecule has 0 aromatic carbocycles. The maximum Gasteiger partial charge on any atom is 0.0885 e.